The van der Waals surface area contributed by atoms with E-state index >= 15 is 0 Å². The third-order valence-corrected chi connectivity index (χ3v) is 13.5. The second-order valence-corrected chi connectivity index (χ2v) is 17.6. The molecule has 10 aromatic carbocycles. The van der Waals surface area contributed by atoms with Gasteiger partial charge in [-0.1, -0.05) is 127 Å². The van der Waals surface area contributed by atoms with Crippen LogP contribution in [0.5, 0.6) is 0 Å². The van der Waals surface area contributed by atoms with Crippen molar-refractivity contribution >= 4 is 60.7 Å². The Hall–Kier alpha value is -8.54. The first-order chi connectivity index (χ1) is 33.5. The van der Waals surface area contributed by atoms with E-state index in [0.29, 0.717) is 0 Å². The number of para-hydroxylation sites is 3. The van der Waals surface area contributed by atoms with E-state index in [1.54, 1.807) is 0 Å². The molecule has 5 heteroatoms. The van der Waals surface area contributed by atoms with E-state index in [4.69, 9.17) is 0 Å². The number of rotatable bonds is 11. The number of hydrogen-bond acceptors (Lipinski definition) is 1. The van der Waals surface area contributed by atoms with Crippen LogP contribution in [0.3, 0.4) is 0 Å². The zero-order chi connectivity index (χ0) is 45.6. The van der Waals surface area contributed by atoms with Crippen LogP contribution in [0.4, 0.5) is 25.8 Å². The molecule has 0 saturated carbocycles. The smallest absolute Gasteiger partial charge is 0.123 e. The van der Waals surface area contributed by atoms with Gasteiger partial charge in [0.25, 0.3) is 0 Å². The number of fused-ring (bicyclic) bond motifs is 6. The van der Waals surface area contributed by atoms with E-state index in [0.717, 1.165) is 79.7 Å². The summed E-state index contributed by atoms with van der Waals surface area (Å²) in [5.74, 6) is -0.293. The molecule has 3 nitrogen and oxygen atoms in total. The fourth-order valence-electron chi connectivity index (χ4n) is 10.3. The van der Waals surface area contributed by atoms with E-state index in [9.17, 15) is 8.78 Å². The van der Waals surface area contributed by atoms with Gasteiger partial charge in [0.2, 0.25) is 0 Å². The molecule has 1 atom stereocenters. The van der Waals surface area contributed by atoms with Gasteiger partial charge < -0.3 is 14.0 Å². The normalized spacial score (nSPS) is 12.0. The molecule has 68 heavy (non-hydrogen) atoms. The first-order valence-electron chi connectivity index (χ1n) is 23.2. The standard InChI is InChI=1S/C63H45F2N3/c64-48-27-33-52(34-28-48)67-60-17-9-7-15-56(60)58-41-47(26-39-62(58)67)55(46-11-3-1-4-12-46)38-21-43-19-22-44(23-20-43)45-24-31-51(32-25-45)66(50-13-5-2-6-14-50)54-37-40-63-59(42-54)57-16-8-10-18-61(57)68(63)53-35-29-49(65)30-36-53/h1-20,22-37,39-42,55H,21,38H2. The second-order valence-electron chi connectivity index (χ2n) is 17.6. The molecular formula is C63H45F2N3. The Balaban J connectivity index is 0.825. The molecule has 326 valence electrons. The Morgan fingerprint density at radius 1 is 0.353 bits per heavy atom. The van der Waals surface area contributed by atoms with E-state index in [2.05, 4.69) is 202 Å². The largest absolute Gasteiger partial charge is 0.310 e. The van der Waals surface area contributed by atoms with Gasteiger partial charge in [-0.05, 0) is 156 Å². The Morgan fingerprint density at radius 2 is 0.809 bits per heavy atom. The van der Waals surface area contributed by atoms with Crippen molar-refractivity contribution in [3.05, 3.63) is 271 Å². The maximum absolute atomic E-state index is 14.0. The fourth-order valence-corrected chi connectivity index (χ4v) is 10.3. The van der Waals surface area contributed by atoms with Gasteiger partial charge in [-0.25, -0.2) is 8.78 Å². The van der Waals surface area contributed by atoms with Crippen molar-refractivity contribution < 1.29 is 8.78 Å². The molecule has 1 unspecified atom stereocenters. The van der Waals surface area contributed by atoms with Gasteiger partial charge >= 0.3 is 0 Å². The highest BCUT2D eigenvalue weighted by molar-refractivity contribution is 6.11. The van der Waals surface area contributed by atoms with Crippen LogP contribution in [0.2, 0.25) is 0 Å². The highest BCUT2D eigenvalue weighted by Gasteiger charge is 2.20. The molecule has 0 radical (unpaired) electrons. The Bertz CT molecular complexity index is 3730. The summed E-state index contributed by atoms with van der Waals surface area (Å²) in [7, 11) is 0. The van der Waals surface area contributed by atoms with Crippen molar-refractivity contribution in [3.63, 3.8) is 0 Å². The number of nitrogens with zero attached hydrogens (tertiary/aromatic N) is 3. The topological polar surface area (TPSA) is 13.1 Å². The van der Waals surface area contributed by atoms with Crippen molar-refractivity contribution in [2.45, 2.75) is 18.8 Å². The van der Waals surface area contributed by atoms with Crippen molar-refractivity contribution in [2.75, 3.05) is 4.90 Å². The minimum absolute atomic E-state index is 0.197. The molecule has 12 aromatic rings. The summed E-state index contributed by atoms with van der Waals surface area (Å²) in [5.41, 5.74) is 15.6. The third-order valence-electron chi connectivity index (χ3n) is 13.5. The van der Waals surface area contributed by atoms with Gasteiger partial charge in [0, 0.05) is 55.9 Å². The molecular weight excluding hydrogens is 837 g/mol. The minimum atomic E-state index is -0.250. The molecule has 0 aliphatic heterocycles. The Morgan fingerprint density at radius 3 is 1.40 bits per heavy atom. The third kappa shape index (κ3) is 7.48. The van der Waals surface area contributed by atoms with E-state index in [-0.39, 0.29) is 17.6 Å². The first kappa shape index (κ1) is 40.9. The van der Waals surface area contributed by atoms with Gasteiger partial charge in [-0.2, -0.15) is 0 Å². The van der Waals surface area contributed by atoms with Crippen molar-refractivity contribution in [3.8, 4) is 22.5 Å². The summed E-state index contributed by atoms with van der Waals surface area (Å²) in [4.78, 5) is 2.31. The summed E-state index contributed by atoms with van der Waals surface area (Å²) < 4.78 is 32.4. The highest BCUT2D eigenvalue weighted by atomic mass is 19.1. The van der Waals surface area contributed by atoms with Crippen LogP contribution in [0.15, 0.2) is 243 Å². The number of aryl methyl sites for hydroxylation is 1. The van der Waals surface area contributed by atoms with Gasteiger partial charge in [-0.3, -0.25) is 0 Å². The SMILES string of the molecule is Fc1ccc(-n2c3ccccc3c3cc(C(CCc4ccc(-c5ccc(N(c6ccccc6)c6ccc7c(c6)c6ccccc6n7-c6ccc(F)cc6)cc5)cc4)c4ccccc4)ccc32)cc1. The lowest BCUT2D eigenvalue weighted by molar-refractivity contribution is 0.627. The van der Waals surface area contributed by atoms with Crippen LogP contribution in [0.25, 0.3) is 66.1 Å². The lowest BCUT2D eigenvalue weighted by atomic mass is 9.85. The maximum atomic E-state index is 14.0. The van der Waals surface area contributed by atoms with Gasteiger partial charge in [0.05, 0.1) is 22.1 Å². The quantitative estimate of drug-likeness (QED) is 0.126. The summed E-state index contributed by atoms with van der Waals surface area (Å²) in [6.07, 6.45) is 1.88. The zero-order valence-corrected chi connectivity index (χ0v) is 37.2. The van der Waals surface area contributed by atoms with Gasteiger partial charge in [-0.15, -0.1) is 0 Å². The van der Waals surface area contributed by atoms with Crippen LogP contribution < -0.4 is 4.90 Å². The van der Waals surface area contributed by atoms with Crippen molar-refractivity contribution in [1.29, 1.82) is 0 Å². The molecule has 0 saturated heterocycles. The molecule has 0 aliphatic carbocycles. The summed E-state index contributed by atoms with van der Waals surface area (Å²) in [5, 5.41) is 4.64. The maximum Gasteiger partial charge on any atom is 0.123 e. The number of halogens is 2. The predicted octanol–water partition coefficient (Wildman–Crippen LogP) is 17.1. The fraction of sp³-hybridized carbons (Fsp3) is 0.0476. The van der Waals surface area contributed by atoms with E-state index in [1.165, 1.54) is 57.3 Å². The molecule has 2 aromatic heterocycles. The molecule has 0 aliphatic rings. The molecule has 0 bridgehead atoms. The lowest BCUT2D eigenvalue weighted by Crippen LogP contribution is -2.09. The average Bonchev–Trinajstić information content (AvgIpc) is 3.90. The first-order valence-corrected chi connectivity index (χ1v) is 23.2. The summed E-state index contributed by atoms with van der Waals surface area (Å²) >= 11 is 0. The van der Waals surface area contributed by atoms with Crippen molar-refractivity contribution in [1.82, 2.24) is 9.13 Å². The van der Waals surface area contributed by atoms with Crippen molar-refractivity contribution in [2.24, 2.45) is 0 Å². The van der Waals surface area contributed by atoms with Crippen LogP contribution in [0, 0.1) is 11.6 Å². The minimum Gasteiger partial charge on any atom is -0.310 e. The number of aromatic nitrogens is 2. The van der Waals surface area contributed by atoms with Gasteiger partial charge in [0.15, 0.2) is 0 Å². The Labute approximate surface area is 394 Å². The zero-order valence-electron chi connectivity index (χ0n) is 37.2. The number of benzene rings is 10. The Kier molecular flexibility index (Phi) is 10.4. The summed E-state index contributed by atoms with van der Waals surface area (Å²) in [6, 6.07) is 83.1. The van der Waals surface area contributed by atoms with Crippen LogP contribution in [-0.2, 0) is 6.42 Å². The molecule has 2 heterocycles. The summed E-state index contributed by atoms with van der Waals surface area (Å²) in [6.45, 7) is 0. The number of hydrogen-bond donors (Lipinski definition) is 0. The van der Waals surface area contributed by atoms with E-state index < -0.39 is 0 Å². The number of anilines is 3. The van der Waals surface area contributed by atoms with Crippen LogP contribution in [0.1, 0.15) is 29.0 Å². The second kappa shape index (κ2) is 17.4. The average molecular weight is 882 g/mol. The monoisotopic (exact) mass is 881 g/mol. The molecule has 0 fully saturated rings. The molecule has 12 rings (SSSR count). The van der Waals surface area contributed by atoms with Crippen LogP contribution in [-0.4, -0.2) is 9.13 Å². The van der Waals surface area contributed by atoms with Gasteiger partial charge in [0.1, 0.15) is 11.6 Å². The molecule has 0 N–H and O–H groups in total. The van der Waals surface area contributed by atoms with Crippen LogP contribution >= 0.6 is 0 Å². The van der Waals surface area contributed by atoms with E-state index in [1.807, 2.05) is 30.3 Å². The molecule has 0 spiro atoms. The predicted molar refractivity (Wildman–Crippen MR) is 278 cm³/mol. The lowest BCUT2D eigenvalue weighted by Gasteiger charge is -2.26. The highest BCUT2D eigenvalue weighted by Crippen LogP contribution is 2.41. The molecule has 0 amide bonds.